The van der Waals surface area contributed by atoms with Crippen molar-refractivity contribution in [3.05, 3.63) is 24.3 Å². The molecule has 5 heteroatoms. The van der Waals surface area contributed by atoms with E-state index < -0.39 is 6.09 Å². The average molecular weight is 263 g/mol. The first-order valence-corrected chi connectivity index (χ1v) is 5.79. The van der Waals surface area contributed by atoms with Crippen LogP contribution < -0.4 is 9.64 Å². The van der Waals surface area contributed by atoms with E-state index in [4.69, 9.17) is 21.0 Å². The van der Waals surface area contributed by atoms with Crippen molar-refractivity contribution >= 4 is 11.8 Å². The number of hydrogen-bond donors (Lipinski definition) is 1. The van der Waals surface area contributed by atoms with Crippen molar-refractivity contribution in [2.45, 2.75) is 13.0 Å². The molecule has 0 bridgehead atoms. The molecule has 1 amide bonds. The van der Waals surface area contributed by atoms with Crippen molar-refractivity contribution in [3.8, 4) is 18.1 Å². The van der Waals surface area contributed by atoms with Crippen molar-refractivity contribution < 1.29 is 19.4 Å². The van der Waals surface area contributed by atoms with E-state index in [2.05, 4.69) is 5.92 Å². The monoisotopic (exact) mass is 263 g/mol. The maximum Gasteiger partial charge on any atom is 0.411 e. The molecule has 1 N–H and O–H groups in total. The Labute approximate surface area is 112 Å². The third kappa shape index (κ3) is 4.53. The van der Waals surface area contributed by atoms with Crippen LogP contribution in [0, 0.1) is 12.3 Å². The number of amides is 1. The topological polar surface area (TPSA) is 59.0 Å². The number of para-hydroxylation sites is 2. The van der Waals surface area contributed by atoms with Crippen LogP contribution in [0.2, 0.25) is 0 Å². The Morgan fingerprint density at radius 2 is 2.21 bits per heavy atom. The highest BCUT2D eigenvalue weighted by Gasteiger charge is 2.15. The summed E-state index contributed by atoms with van der Waals surface area (Å²) in [6, 6.07) is 6.93. The lowest BCUT2D eigenvalue weighted by molar-refractivity contribution is 0.0764. The van der Waals surface area contributed by atoms with Gasteiger partial charge in [0.25, 0.3) is 0 Å². The number of terminal acetylenes is 1. The van der Waals surface area contributed by atoms with Crippen LogP contribution in [0.1, 0.15) is 6.92 Å². The SMILES string of the molecule is C#CCOCC(C)Oc1ccccc1N(C)C(=O)O. The first kappa shape index (κ1) is 14.9. The van der Waals surface area contributed by atoms with Crippen molar-refractivity contribution in [3.63, 3.8) is 0 Å². The molecular formula is C14H17NO4. The van der Waals surface area contributed by atoms with E-state index in [9.17, 15) is 4.79 Å². The molecule has 0 saturated heterocycles. The first-order valence-electron chi connectivity index (χ1n) is 5.79. The normalized spacial score (nSPS) is 11.4. The second-order valence-electron chi connectivity index (χ2n) is 3.96. The molecule has 5 nitrogen and oxygen atoms in total. The van der Waals surface area contributed by atoms with E-state index >= 15 is 0 Å². The fourth-order valence-electron chi connectivity index (χ4n) is 1.47. The van der Waals surface area contributed by atoms with Crippen LogP contribution >= 0.6 is 0 Å². The summed E-state index contributed by atoms with van der Waals surface area (Å²) < 4.78 is 10.8. The zero-order valence-electron chi connectivity index (χ0n) is 11.0. The van der Waals surface area contributed by atoms with E-state index in [1.807, 2.05) is 6.92 Å². The summed E-state index contributed by atoms with van der Waals surface area (Å²) in [6.45, 7) is 2.40. The van der Waals surface area contributed by atoms with Gasteiger partial charge in [-0.25, -0.2) is 4.79 Å². The summed E-state index contributed by atoms with van der Waals surface area (Å²) in [5.74, 6) is 2.86. The smallest absolute Gasteiger partial charge is 0.411 e. The zero-order chi connectivity index (χ0) is 14.3. The Hall–Kier alpha value is -2.19. The van der Waals surface area contributed by atoms with Crippen molar-refractivity contribution in [1.82, 2.24) is 0 Å². The molecule has 0 saturated carbocycles. The number of rotatable bonds is 6. The summed E-state index contributed by atoms with van der Waals surface area (Å²) in [5.41, 5.74) is 0.485. The predicted octanol–water partition coefficient (Wildman–Crippen LogP) is 2.22. The quantitative estimate of drug-likeness (QED) is 0.631. The van der Waals surface area contributed by atoms with E-state index in [0.717, 1.165) is 4.90 Å². The highest BCUT2D eigenvalue weighted by molar-refractivity contribution is 5.87. The molecule has 19 heavy (non-hydrogen) atoms. The van der Waals surface area contributed by atoms with Crippen molar-refractivity contribution in [2.24, 2.45) is 0 Å². The molecule has 1 unspecified atom stereocenters. The lowest BCUT2D eigenvalue weighted by Gasteiger charge is -2.20. The lowest BCUT2D eigenvalue weighted by Crippen LogP contribution is -2.26. The van der Waals surface area contributed by atoms with Crippen molar-refractivity contribution in [2.75, 3.05) is 25.2 Å². The largest absolute Gasteiger partial charge is 0.486 e. The fourth-order valence-corrected chi connectivity index (χ4v) is 1.47. The Kier molecular flexibility index (Phi) is 5.71. The van der Waals surface area contributed by atoms with Gasteiger partial charge in [0.2, 0.25) is 0 Å². The van der Waals surface area contributed by atoms with Gasteiger partial charge in [0, 0.05) is 7.05 Å². The van der Waals surface area contributed by atoms with Gasteiger partial charge in [0.05, 0.1) is 12.3 Å². The van der Waals surface area contributed by atoms with Gasteiger partial charge < -0.3 is 14.6 Å². The van der Waals surface area contributed by atoms with Crippen LogP contribution in [0.5, 0.6) is 5.75 Å². The minimum absolute atomic E-state index is 0.225. The zero-order valence-corrected chi connectivity index (χ0v) is 11.0. The van der Waals surface area contributed by atoms with Crippen LogP contribution in [0.3, 0.4) is 0 Å². The number of carboxylic acid groups (broad SMARTS) is 1. The Morgan fingerprint density at radius 3 is 2.84 bits per heavy atom. The second-order valence-corrected chi connectivity index (χ2v) is 3.96. The van der Waals surface area contributed by atoms with Crippen LogP contribution in [0.25, 0.3) is 0 Å². The van der Waals surface area contributed by atoms with Crippen LogP contribution in [-0.4, -0.2) is 37.6 Å². The van der Waals surface area contributed by atoms with Crippen molar-refractivity contribution in [1.29, 1.82) is 0 Å². The molecule has 0 aliphatic carbocycles. The maximum atomic E-state index is 11.0. The molecule has 102 valence electrons. The Morgan fingerprint density at radius 1 is 1.53 bits per heavy atom. The predicted molar refractivity (Wildman–Crippen MR) is 72.6 cm³/mol. The van der Waals surface area contributed by atoms with E-state index in [0.29, 0.717) is 18.0 Å². The lowest BCUT2D eigenvalue weighted by atomic mass is 10.2. The van der Waals surface area contributed by atoms with E-state index in [1.54, 1.807) is 24.3 Å². The number of ether oxygens (including phenoxy) is 2. The summed E-state index contributed by atoms with van der Waals surface area (Å²) in [5, 5.41) is 8.99. The van der Waals surface area contributed by atoms with Gasteiger partial charge in [-0.15, -0.1) is 6.42 Å². The number of nitrogens with zero attached hydrogens (tertiary/aromatic N) is 1. The third-order valence-electron chi connectivity index (χ3n) is 2.38. The number of carbonyl (C=O) groups is 1. The first-order chi connectivity index (χ1) is 9.06. The van der Waals surface area contributed by atoms with Crippen LogP contribution in [-0.2, 0) is 4.74 Å². The number of hydrogen-bond acceptors (Lipinski definition) is 3. The molecule has 0 aromatic heterocycles. The molecule has 0 spiro atoms. The van der Waals surface area contributed by atoms with E-state index in [1.165, 1.54) is 7.05 Å². The maximum absolute atomic E-state index is 11.0. The molecule has 1 aromatic carbocycles. The second kappa shape index (κ2) is 7.29. The minimum atomic E-state index is -1.05. The average Bonchev–Trinajstić information content (AvgIpc) is 2.38. The molecule has 1 atom stereocenters. The summed E-state index contributed by atoms with van der Waals surface area (Å²) in [6.07, 6.45) is 3.80. The van der Waals surface area contributed by atoms with Crippen LogP contribution in [0.15, 0.2) is 24.3 Å². The molecule has 0 aliphatic rings. The van der Waals surface area contributed by atoms with Gasteiger partial charge in [0.15, 0.2) is 0 Å². The van der Waals surface area contributed by atoms with E-state index in [-0.39, 0.29) is 12.7 Å². The molecule has 0 aliphatic heterocycles. The van der Waals surface area contributed by atoms with Gasteiger partial charge in [-0.1, -0.05) is 18.1 Å². The van der Waals surface area contributed by atoms with Gasteiger partial charge >= 0.3 is 6.09 Å². The Balaban J connectivity index is 2.73. The molecular weight excluding hydrogens is 246 g/mol. The molecule has 1 rings (SSSR count). The van der Waals surface area contributed by atoms with Gasteiger partial charge in [-0.3, -0.25) is 4.90 Å². The number of anilines is 1. The summed E-state index contributed by atoms with van der Waals surface area (Å²) >= 11 is 0. The molecule has 0 heterocycles. The minimum Gasteiger partial charge on any atom is -0.486 e. The molecule has 0 fully saturated rings. The summed E-state index contributed by atoms with van der Waals surface area (Å²) in [4.78, 5) is 12.1. The molecule has 0 radical (unpaired) electrons. The Bertz CT molecular complexity index is 467. The fraction of sp³-hybridized carbons (Fsp3) is 0.357. The van der Waals surface area contributed by atoms with Crippen LogP contribution in [0.4, 0.5) is 10.5 Å². The highest BCUT2D eigenvalue weighted by Crippen LogP contribution is 2.28. The molecule has 1 aromatic rings. The highest BCUT2D eigenvalue weighted by atomic mass is 16.5. The van der Waals surface area contributed by atoms with Gasteiger partial charge in [0.1, 0.15) is 18.5 Å². The number of benzene rings is 1. The van der Waals surface area contributed by atoms with Gasteiger partial charge in [-0.2, -0.15) is 0 Å². The summed E-state index contributed by atoms with van der Waals surface area (Å²) in [7, 11) is 1.46. The van der Waals surface area contributed by atoms with Gasteiger partial charge in [-0.05, 0) is 19.1 Å². The standard InChI is InChI=1S/C14H17NO4/c1-4-9-18-10-11(2)19-13-8-6-5-7-12(13)15(3)14(16)17/h1,5-8,11H,9-10H2,2-3H3,(H,16,17). The third-order valence-corrected chi connectivity index (χ3v) is 2.38.